The van der Waals surface area contributed by atoms with Crippen LogP contribution in [0.25, 0.3) is 0 Å². The first-order valence-corrected chi connectivity index (χ1v) is 8.03. The smallest absolute Gasteiger partial charge is 0.313 e. The van der Waals surface area contributed by atoms with E-state index >= 15 is 0 Å². The van der Waals surface area contributed by atoms with Gasteiger partial charge in [0.2, 0.25) is 0 Å². The molecule has 0 atom stereocenters. The Morgan fingerprint density at radius 2 is 2.25 bits per heavy atom. The van der Waals surface area contributed by atoms with E-state index in [0.29, 0.717) is 0 Å². The summed E-state index contributed by atoms with van der Waals surface area (Å²) >= 11 is 1.28. The van der Waals surface area contributed by atoms with Gasteiger partial charge in [0.15, 0.2) is 5.16 Å². The minimum atomic E-state index is -0.812. The van der Waals surface area contributed by atoms with Crippen LogP contribution in [0.2, 0.25) is 0 Å². The second-order valence-corrected chi connectivity index (χ2v) is 5.79. The van der Waals surface area contributed by atoms with Crippen molar-refractivity contribution in [1.82, 2.24) is 9.55 Å². The first-order chi connectivity index (χ1) is 9.54. The van der Waals surface area contributed by atoms with Crippen LogP contribution in [0, 0.1) is 0 Å². The molecule has 20 heavy (non-hydrogen) atoms. The second-order valence-electron chi connectivity index (χ2n) is 4.85. The Bertz CT molecular complexity index is 419. The standard InChI is InChI=1S/C14H24N2O3S/c1-4-12-9-15-14(20-10-13(17)18)16(12)7-5-6-8-19-11(2)3/h9,11H,4-8,10H2,1-3H3,(H,17,18). The lowest BCUT2D eigenvalue weighted by Gasteiger charge is -2.11. The summed E-state index contributed by atoms with van der Waals surface area (Å²) in [5.41, 5.74) is 1.16. The van der Waals surface area contributed by atoms with Crippen LogP contribution < -0.4 is 0 Å². The van der Waals surface area contributed by atoms with Crippen molar-refractivity contribution in [2.24, 2.45) is 0 Å². The molecule has 0 aromatic carbocycles. The van der Waals surface area contributed by atoms with Gasteiger partial charge in [-0.1, -0.05) is 18.7 Å². The molecule has 1 heterocycles. The summed E-state index contributed by atoms with van der Waals surface area (Å²) in [7, 11) is 0. The van der Waals surface area contributed by atoms with Crippen LogP contribution in [0.3, 0.4) is 0 Å². The lowest BCUT2D eigenvalue weighted by atomic mass is 10.3. The number of carboxylic acid groups (broad SMARTS) is 1. The van der Waals surface area contributed by atoms with E-state index in [4.69, 9.17) is 9.84 Å². The molecule has 0 aliphatic carbocycles. The highest BCUT2D eigenvalue weighted by atomic mass is 32.2. The largest absolute Gasteiger partial charge is 0.481 e. The average Bonchev–Trinajstić information content (AvgIpc) is 2.77. The van der Waals surface area contributed by atoms with Crippen molar-refractivity contribution in [3.05, 3.63) is 11.9 Å². The average molecular weight is 300 g/mol. The lowest BCUT2D eigenvalue weighted by molar-refractivity contribution is -0.133. The van der Waals surface area contributed by atoms with Gasteiger partial charge in [0.05, 0.1) is 11.9 Å². The van der Waals surface area contributed by atoms with Crippen LogP contribution in [-0.2, 0) is 22.5 Å². The number of carbonyl (C=O) groups is 1. The van der Waals surface area contributed by atoms with Crippen molar-refractivity contribution in [2.45, 2.75) is 57.8 Å². The maximum Gasteiger partial charge on any atom is 0.313 e. The zero-order valence-corrected chi connectivity index (χ0v) is 13.3. The number of aliphatic carboxylic acids is 1. The number of hydrogen-bond acceptors (Lipinski definition) is 4. The fraction of sp³-hybridized carbons (Fsp3) is 0.714. The molecule has 6 heteroatoms. The molecule has 0 aliphatic rings. The van der Waals surface area contributed by atoms with Gasteiger partial charge in [0.25, 0.3) is 0 Å². The molecule has 0 bridgehead atoms. The summed E-state index contributed by atoms with van der Waals surface area (Å²) in [6.45, 7) is 7.79. The van der Waals surface area contributed by atoms with Gasteiger partial charge in [0, 0.05) is 25.0 Å². The Balaban J connectivity index is 2.48. The number of unbranched alkanes of at least 4 members (excludes halogenated alkanes) is 1. The second kappa shape index (κ2) is 9.02. The van der Waals surface area contributed by atoms with Crippen molar-refractivity contribution in [3.63, 3.8) is 0 Å². The van der Waals surface area contributed by atoms with Gasteiger partial charge in [0.1, 0.15) is 0 Å². The monoisotopic (exact) mass is 300 g/mol. The highest BCUT2D eigenvalue weighted by molar-refractivity contribution is 7.99. The Labute approximate surface area is 124 Å². The van der Waals surface area contributed by atoms with Crippen molar-refractivity contribution < 1.29 is 14.6 Å². The normalized spacial score (nSPS) is 11.2. The molecule has 1 aromatic heterocycles. The highest BCUT2D eigenvalue weighted by Crippen LogP contribution is 2.19. The maximum atomic E-state index is 10.6. The number of rotatable bonds is 10. The zero-order valence-electron chi connectivity index (χ0n) is 12.5. The van der Waals surface area contributed by atoms with Crippen LogP contribution in [0.15, 0.2) is 11.4 Å². The molecule has 1 rings (SSSR count). The van der Waals surface area contributed by atoms with E-state index in [0.717, 1.165) is 43.3 Å². The highest BCUT2D eigenvalue weighted by Gasteiger charge is 2.10. The summed E-state index contributed by atoms with van der Waals surface area (Å²) in [6, 6.07) is 0. The molecular weight excluding hydrogens is 276 g/mol. The van der Waals surface area contributed by atoms with Crippen molar-refractivity contribution in [1.29, 1.82) is 0 Å². The molecule has 0 radical (unpaired) electrons. The third-order valence-corrected chi connectivity index (χ3v) is 3.79. The van der Waals surface area contributed by atoms with E-state index in [2.05, 4.69) is 16.5 Å². The van der Waals surface area contributed by atoms with Crippen molar-refractivity contribution in [3.8, 4) is 0 Å². The van der Waals surface area contributed by atoms with E-state index in [9.17, 15) is 4.79 Å². The van der Waals surface area contributed by atoms with E-state index in [1.54, 1.807) is 0 Å². The van der Waals surface area contributed by atoms with Crippen LogP contribution in [-0.4, -0.2) is 39.1 Å². The molecule has 114 valence electrons. The molecule has 1 N–H and O–H groups in total. The number of aryl methyl sites for hydroxylation is 1. The Hall–Kier alpha value is -1.01. The fourth-order valence-corrected chi connectivity index (χ4v) is 2.59. The van der Waals surface area contributed by atoms with E-state index in [-0.39, 0.29) is 11.9 Å². The quantitative estimate of drug-likeness (QED) is 0.532. The van der Waals surface area contributed by atoms with E-state index in [1.165, 1.54) is 11.8 Å². The maximum absolute atomic E-state index is 10.6. The molecule has 0 fully saturated rings. The van der Waals surface area contributed by atoms with Crippen LogP contribution >= 0.6 is 11.8 Å². The first-order valence-electron chi connectivity index (χ1n) is 7.05. The predicted octanol–water partition coefficient (Wildman–Crippen LogP) is 2.83. The molecular formula is C14H24N2O3S. The first kappa shape index (κ1) is 17.0. The Morgan fingerprint density at radius 1 is 1.50 bits per heavy atom. The third kappa shape index (κ3) is 5.96. The number of carboxylic acids is 1. The fourth-order valence-electron chi connectivity index (χ4n) is 1.85. The van der Waals surface area contributed by atoms with Crippen molar-refractivity contribution in [2.75, 3.05) is 12.4 Å². The number of ether oxygens (including phenoxy) is 1. The molecule has 0 aliphatic heterocycles. The molecule has 0 amide bonds. The van der Waals surface area contributed by atoms with Crippen LogP contribution in [0.5, 0.6) is 0 Å². The number of imidazole rings is 1. The predicted molar refractivity (Wildman–Crippen MR) is 80.3 cm³/mol. The lowest BCUT2D eigenvalue weighted by Crippen LogP contribution is -2.08. The van der Waals surface area contributed by atoms with Crippen LogP contribution in [0.1, 0.15) is 39.3 Å². The zero-order chi connectivity index (χ0) is 15.0. The summed E-state index contributed by atoms with van der Waals surface area (Å²) in [6.07, 6.45) is 5.04. The molecule has 0 spiro atoms. The van der Waals surface area contributed by atoms with Gasteiger partial charge in [-0.3, -0.25) is 4.79 Å². The van der Waals surface area contributed by atoms with Gasteiger partial charge < -0.3 is 14.4 Å². The van der Waals surface area contributed by atoms with Crippen molar-refractivity contribution >= 4 is 17.7 Å². The number of nitrogens with zero attached hydrogens (tertiary/aromatic N) is 2. The Morgan fingerprint density at radius 3 is 2.85 bits per heavy atom. The molecule has 0 unspecified atom stereocenters. The molecule has 5 nitrogen and oxygen atoms in total. The van der Waals surface area contributed by atoms with E-state index < -0.39 is 5.97 Å². The van der Waals surface area contributed by atoms with Gasteiger partial charge in [-0.2, -0.15) is 0 Å². The van der Waals surface area contributed by atoms with E-state index in [1.807, 2.05) is 20.0 Å². The van der Waals surface area contributed by atoms with Crippen LogP contribution in [0.4, 0.5) is 0 Å². The number of aromatic nitrogens is 2. The van der Waals surface area contributed by atoms with Gasteiger partial charge in [-0.25, -0.2) is 4.98 Å². The molecule has 0 saturated carbocycles. The Kier molecular flexibility index (Phi) is 7.69. The summed E-state index contributed by atoms with van der Waals surface area (Å²) in [5.74, 6) is -0.760. The SMILES string of the molecule is CCc1cnc(SCC(=O)O)n1CCCCOC(C)C. The number of hydrogen-bond donors (Lipinski definition) is 1. The van der Waals surface area contributed by atoms with Gasteiger partial charge in [-0.05, 0) is 33.1 Å². The summed E-state index contributed by atoms with van der Waals surface area (Å²) in [4.78, 5) is 15.0. The van der Waals surface area contributed by atoms with Gasteiger partial charge >= 0.3 is 5.97 Å². The van der Waals surface area contributed by atoms with Gasteiger partial charge in [-0.15, -0.1) is 0 Å². The minimum Gasteiger partial charge on any atom is -0.481 e. The summed E-state index contributed by atoms with van der Waals surface area (Å²) < 4.78 is 7.65. The molecule has 0 saturated heterocycles. The summed E-state index contributed by atoms with van der Waals surface area (Å²) in [5, 5.41) is 9.55. The third-order valence-electron chi connectivity index (χ3n) is 2.82. The minimum absolute atomic E-state index is 0.0522. The topological polar surface area (TPSA) is 64.3 Å². The number of thioether (sulfide) groups is 1. The molecule has 1 aromatic rings.